The third-order valence-electron chi connectivity index (χ3n) is 3.82. The molecule has 0 aliphatic heterocycles. The van der Waals surface area contributed by atoms with Gasteiger partial charge in [0.15, 0.2) is 0 Å². The van der Waals surface area contributed by atoms with Crippen molar-refractivity contribution in [3.63, 3.8) is 0 Å². The maximum atomic E-state index is 12.6. The van der Waals surface area contributed by atoms with Crippen molar-refractivity contribution in [2.45, 2.75) is 26.9 Å². The number of rotatable bonds is 5. The van der Waals surface area contributed by atoms with E-state index in [-0.39, 0.29) is 28.9 Å². The summed E-state index contributed by atoms with van der Waals surface area (Å²) in [7, 11) is 0. The van der Waals surface area contributed by atoms with Crippen LogP contribution in [0.3, 0.4) is 0 Å². The zero-order chi connectivity index (χ0) is 21.6. The number of fused-ring (bicyclic) bond motifs is 1. The van der Waals surface area contributed by atoms with Gasteiger partial charge in [0.05, 0.1) is 6.20 Å². The van der Waals surface area contributed by atoms with Crippen molar-refractivity contribution in [2.75, 3.05) is 0 Å². The zero-order valence-electron chi connectivity index (χ0n) is 15.8. The molecule has 152 valence electrons. The Bertz CT molecular complexity index is 1090. The highest BCUT2D eigenvalue weighted by Gasteiger charge is 2.18. The molecule has 0 unspecified atom stereocenters. The molecule has 0 aliphatic rings. The number of nitrogens with zero attached hydrogens (tertiary/aromatic N) is 2. The third-order valence-corrected chi connectivity index (χ3v) is 4.07. The molecule has 0 saturated heterocycles. The maximum absolute atomic E-state index is 12.6. The first-order chi connectivity index (χ1) is 13.8. The molecule has 2 heterocycles. The van der Waals surface area contributed by atoms with Gasteiger partial charge in [0.2, 0.25) is 0 Å². The van der Waals surface area contributed by atoms with Gasteiger partial charge < -0.3 is 15.5 Å². The van der Waals surface area contributed by atoms with Crippen molar-refractivity contribution in [1.29, 1.82) is 0 Å². The first-order valence-corrected chi connectivity index (χ1v) is 9.20. The van der Waals surface area contributed by atoms with Gasteiger partial charge in [0.1, 0.15) is 23.5 Å². The number of aromatic hydroxyl groups is 1. The number of aliphatic carboxylic acids is 1. The molecule has 3 rings (SSSR count). The van der Waals surface area contributed by atoms with E-state index in [2.05, 4.69) is 10.3 Å². The van der Waals surface area contributed by atoms with Crippen molar-refractivity contribution in [3.05, 3.63) is 69.1 Å². The van der Waals surface area contributed by atoms with Crippen LogP contribution in [-0.2, 0) is 17.9 Å². The second-order valence-corrected chi connectivity index (χ2v) is 6.19. The minimum absolute atomic E-state index is 0.0643. The van der Waals surface area contributed by atoms with E-state index >= 15 is 0 Å². The molecule has 1 aromatic carbocycles. The molecule has 0 saturated carbocycles. The van der Waals surface area contributed by atoms with Crippen LogP contribution in [0.1, 0.15) is 29.8 Å². The lowest BCUT2D eigenvalue weighted by Crippen LogP contribution is -2.34. The number of carboxylic acid groups (broad SMARTS) is 1. The molecule has 0 atom stereocenters. The molecule has 9 heteroatoms. The minimum Gasteiger partial charge on any atom is -0.506 e. The number of nitrogens with one attached hydrogen (secondary N) is 1. The predicted octanol–water partition coefficient (Wildman–Crippen LogP) is 2.80. The van der Waals surface area contributed by atoms with Gasteiger partial charge >= 0.3 is 5.97 Å². The number of halogens is 1. The Morgan fingerprint density at radius 2 is 1.83 bits per heavy atom. The normalized spacial score (nSPS) is 10.2. The maximum Gasteiger partial charge on any atom is 0.323 e. The minimum atomic E-state index is -1.26. The van der Waals surface area contributed by atoms with E-state index in [4.69, 9.17) is 16.7 Å². The number of aromatic nitrogens is 2. The van der Waals surface area contributed by atoms with Crippen molar-refractivity contribution in [3.8, 4) is 5.75 Å². The van der Waals surface area contributed by atoms with Gasteiger partial charge in [-0.2, -0.15) is 0 Å². The second kappa shape index (κ2) is 9.70. The topological polar surface area (TPSA) is 122 Å². The van der Waals surface area contributed by atoms with Crippen molar-refractivity contribution in [1.82, 2.24) is 14.9 Å². The molecule has 29 heavy (non-hydrogen) atoms. The fourth-order valence-electron chi connectivity index (χ4n) is 2.58. The van der Waals surface area contributed by atoms with E-state index in [9.17, 15) is 19.5 Å². The molecule has 0 fully saturated rings. The molecule has 8 nitrogen and oxygen atoms in total. The van der Waals surface area contributed by atoms with Crippen molar-refractivity contribution in [2.24, 2.45) is 0 Å². The SMILES string of the molecule is CC.O=C(O)Cn1c(=O)c(C(=O)NCc2ccc(Cl)cc2)cc2cc(O)cnc21. The summed E-state index contributed by atoms with van der Waals surface area (Å²) in [6.45, 7) is 3.50. The Morgan fingerprint density at radius 3 is 2.45 bits per heavy atom. The Balaban J connectivity index is 0.00000145. The van der Waals surface area contributed by atoms with Gasteiger partial charge in [-0.15, -0.1) is 0 Å². The lowest BCUT2D eigenvalue weighted by atomic mass is 10.1. The van der Waals surface area contributed by atoms with E-state index < -0.39 is 24.0 Å². The van der Waals surface area contributed by atoms with E-state index in [1.165, 1.54) is 12.1 Å². The van der Waals surface area contributed by atoms with E-state index in [1.807, 2.05) is 13.8 Å². The van der Waals surface area contributed by atoms with Gasteiger partial charge in [-0.25, -0.2) is 4.98 Å². The summed E-state index contributed by atoms with van der Waals surface area (Å²) in [4.78, 5) is 40.1. The van der Waals surface area contributed by atoms with E-state index in [0.29, 0.717) is 5.02 Å². The number of hydrogen-bond donors (Lipinski definition) is 3. The Morgan fingerprint density at radius 1 is 1.17 bits per heavy atom. The third kappa shape index (κ3) is 5.32. The lowest BCUT2D eigenvalue weighted by molar-refractivity contribution is -0.137. The number of carbonyl (C=O) groups excluding carboxylic acids is 1. The number of carboxylic acids is 1. The number of pyridine rings is 2. The molecule has 0 spiro atoms. The molecule has 3 N–H and O–H groups in total. The standard InChI is InChI=1S/C18H14ClN3O5.C2H6/c19-12-3-1-10(2-4-12)7-21-17(26)14-6-11-5-13(23)8-20-16(11)22(18(14)27)9-15(24)25;1-2/h1-6,8,23H,7,9H2,(H,21,26)(H,24,25);1-2H3. The molecule has 0 bridgehead atoms. The summed E-state index contributed by atoms with van der Waals surface area (Å²) in [6.07, 6.45) is 1.10. The van der Waals surface area contributed by atoms with Crippen LogP contribution in [0, 0.1) is 0 Å². The average molecular weight is 418 g/mol. The van der Waals surface area contributed by atoms with Gasteiger partial charge in [-0.05, 0) is 29.8 Å². The Labute approximate surface area is 171 Å². The van der Waals surface area contributed by atoms with Crippen molar-refractivity contribution < 1.29 is 19.8 Å². The van der Waals surface area contributed by atoms with Gasteiger partial charge in [0.25, 0.3) is 11.5 Å². The summed E-state index contributed by atoms with van der Waals surface area (Å²) < 4.78 is 0.883. The van der Waals surface area contributed by atoms with Gasteiger partial charge in [-0.3, -0.25) is 19.0 Å². The number of amides is 1. The molecule has 0 aliphatic carbocycles. The van der Waals surface area contributed by atoms with Gasteiger partial charge in [-0.1, -0.05) is 37.6 Å². The molecule has 2 aromatic heterocycles. The monoisotopic (exact) mass is 417 g/mol. The van der Waals surface area contributed by atoms with Crippen LogP contribution in [0.15, 0.2) is 47.4 Å². The number of carbonyl (C=O) groups is 2. The smallest absolute Gasteiger partial charge is 0.323 e. The number of benzene rings is 1. The van der Waals surface area contributed by atoms with Crippen LogP contribution in [0.25, 0.3) is 11.0 Å². The Kier molecular flexibility index (Phi) is 7.33. The highest BCUT2D eigenvalue weighted by molar-refractivity contribution is 6.30. The summed E-state index contributed by atoms with van der Waals surface area (Å²) in [5, 5.41) is 22.1. The predicted molar refractivity (Wildman–Crippen MR) is 109 cm³/mol. The van der Waals surface area contributed by atoms with Crippen LogP contribution in [0.2, 0.25) is 5.02 Å². The molecule has 1 amide bonds. The van der Waals surface area contributed by atoms with Crippen molar-refractivity contribution >= 4 is 34.5 Å². The summed E-state index contributed by atoms with van der Waals surface area (Å²) in [6, 6.07) is 9.39. The molecular formula is C20H20ClN3O5. The largest absolute Gasteiger partial charge is 0.506 e. The highest BCUT2D eigenvalue weighted by atomic mass is 35.5. The van der Waals surface area contributed by atoms with Crippen LogP contribution in [0.4, 0.5) is 0 Å². The van der Waals surface area contributed by atoms with Crippen LogP contribution >= 0.6 is 11.6 Å². The molecule has 0 radical (unpaired) electrons. The second-order valence-electron chi connectivity index (χ2n) is 5.76. The zero-order valence-corrected chi connectivity index (χ0v) is 16.6. The first kappa shape index (κ1) is 21.9. The van der Waals surface area contributed by atoms with E-state index in [1.54, 1.807) is 24.3 Å². The first-order valence-electron chi connectivity index (χ1n) is 8.82. The summed E-state index contributed by atoms with van der Waals surface area (Å²) >= 11 is 5.81. The average Bonchev–Trinajstić information content (AvgIpc) is 2.70. The Hall–Kier alpha value is -3.39. The quantitative estimate of drug-likeness (QED) is 0.586. The van der Waals surface area contributed by atoms with Crippen LogP contribution < -0.4 is 10.9 Å². The number of hydrogen-bond acceptors (Lipinski definition) is 5. The van der Waals surface area contributed by atoms with E-state index in [0.717, 1.165) is 16.3 Å². The lowest BCUT2D eigenvalue weighted by Gasteiger charge is -2.11. The summed E-state index contributed by atoms with van der Waals surface area (Å²) in [5.74, 6) is -2.10. The van der Waals surface area contributed by atoms with Gasteiger partial charge in [0, 0.05) is 17.0 Å². The molecule has 3 aromatic rings. The fourth-order valence-corrected chi connectivity index (χ4v) is 2.70. The van der Waals surface area contributed by atoms with Crippen LogP contribution in [-0.4, -0.2) is 31.6 Å². The fraction of sp³-hybridized carbons (Fsp3) is 0.200. The molecular weight excluding hydrogens is 398 g/mol. The summed E-state index contributed by atoms with van der Waals surface area (Å²) in [5.41, 5.74) is -0.185. The highest BCUT2D eigenvalue weighted by Crippen LogP contribution is 2.17. The van der Waals surface area contributed by atoms with Crippen LogP contribution in [0.5, 0.6) is 5.75 Å².